The number of carboxylic acids is 1. The third-order valence-corrected chi connectivity index (χ3v) is 3.17. The highest BCUT2D eigenvalue weighted by molar-refractivity contribution is 5.94. The van der Waals surface area contributed by atoms with Crippen LogP contribution >= 0.6 is 0 Å². The molecule has 1 aliphatic carbocycles. The van der Waals surface area contributed by atoms with Crippen LogP contribution < -0.4 is 5.32 Å². The van der Waals surface area contributed by atoms with Crippen molar-refractivity contribution in [2.24, 2.45) is 5.92 Å². The molecule has 0 spiro atoms. The van der Waals surface area contributed by atoms with E-state index in [0.717, 1.165) is 12.6 Å². The van der Waals surface area contributed by atoms with E-state index in [4.69, 9.17) is 5.11 Å². The van der Waals surface area contributed by atoms with Crippen LogP contribution in [0, 0.1) is 11.7 Å². The fourth-order valence-electron chi connectivity index (χ4n) is 2.23. The summed E-state index contributed by atoms with van der Waals surface area (Å²) in [5.41, 5.74) is -0.110. The monoisotopic (exact) mass is 252 g/mol. The van der Waals surface area contributed by atoms with E-state index in [1.54, 1.807) is 0 Å². The molecule has 96 valence electrons. The quantitative estimate of drug-likeness (QED) is 0.847. The smallest absolute Gasteiger partial charge is 0.308 e. The van der Waals surface area contributed by atoms with E-state index >= 15 is 0 Å². The van der Waals surface area contributed by atoms with Crippen LogP contribution in [0.2, 0.25) is 0 Å². The number of aromatic nitrogens is 1. The minimum Gasteiger partial charge on any atom is -0.481 e. The molecule has 0 aromatic carbocycles. The second-order valence-corrected chi connectivity index (χ2v) is 4.31. The summed E-state index contributed by atoms with van der Waals surface area (Å²) in [6.45, 7) is 0. The Labute approximate surface area is 103 Å². The fraction of sp³-hybridized carbons (Fsp3) is 0.417. The molecule has 0 aliphatic heterocycles. The van der Waals surface area contributed by atoms with Crippen LogP contribution in [0.1, 0.15) is 29.6 Å². The first-order chi connectivity index (χ1) is 8.59. The highest BCUT2D eigenvalue weighted by Gasteiger charge is 2.34. The number of halogens is 1. The third kappa shape index (κ3) is 2.47. The van der Waals surface area contributed by atoms with E-state index in [1.165, 1.54) is 12.3 Å². The molecule has 2 N–H and O–H groups in total. The van der Waals surface area contributed by atoms with Gasteiger partial charge < -0.3 is 10.4 Å². The standard InChI is InChI=1S/C12H13FN2O3/c13-9-6-14-5-4-7(9)11(16)15-10-3-1-2-8(10)12(17)18/h4-6,8,10H,1-3H2,(H,15,16)(H,17,18). The van der Waals surface area contributed by atoms with Gasteiger partial charge in [-0.1, -0.05) is 6.42 Å². The zero-order chi connectivity index (χ0) is 13.1. The molecule has 2 unspecified atom stereocenters. The summed E-state index contributed by atoms with van der Waals surface area (Å²) in [7, 11) is 0. The molecule has 5 nitrogen and oxygen atoms in total. The first kappa shape index (κ1) is 12.5. The van der Waals surface area contributed by atoms with Gasteiger partial charge in [0, 0.05) is 12.2 Å². The molecule has 1 saturated carbocycles. The molecule has 1 aromatic rings. The van der Waals surface area contributed by atoms with Gasteiger partial charge in [0.15, 0.2) is 5.82 Å². The number of carbonyl (C=O) groups excluding carboxylic acids is 1. The number of hydrogen-bond donors (Lipinski definition) is 2. The van der Waals surface area contributed by atoms with Crippen molar-refractivity contribution in [3.8, 4) is 0 Å². The molecule has 1 aliphatic rings. The number of amides is 1. The number of carbonyl (C=O) groups is 2. The number of aliphatic carboxylic acids is 1. The van der Waals surface area contributed by atoms with E-state index < -0.39 is 29.7 Å². The molecule has 18 heavy (non-hydrogen) atoms. The van der Waals surface area contributed by atoms with E-state index in [2.05, 4.69) is 10.3 Å². The average molecular weight is 252 g/mol. The van der Waals surface area contributed by atoms with Crippen molar-refractivity contribution in [1.29, 1.82) is 0 Å². The zero-order valence-corrected chi connectivity index (χ0v) is 9.60. The van der Waals surface area contributed by atoms with Crippen molar-refractivity contribution in [2.45, 2.75) is 25.3 Å². The summed E-state index contributed by atoms with van der Waals surface area (Å²) < 4.78 is 13.3. The predicted octanol–water partition coefficient (Wildman–Crippen LogP) is 1.20. The lowest BCUT2D eigenvalue weighted by Gasteiger charge is -2.17. The topological polar surface area (TPSA) is 79.3 Å². The van der Waals surface area contributed by atoms with Crippen LogP contribution in [0.3, 0.4) is 0 Å². The Morgan fingerprint density at radius 2 is 2.22 bits per heavy atom. The van der Waals surface area contributed by atoms with Crippen molar-refractivity contribution in [2.75, 3.05) is 0 Å². The van der Waals surface area contributed by atoms with Crippen LogP contribution in [0.15, 0.2) is 18.5 Å². The average Bonchev–Trinajstić information content (AvgIpc) is 2.77. The lowest BCUT2D eigenvalue weighted by Crippen LogP contribution is -2.40. The highest BCUT2D eigenvalue weighted by atomic mass is 19.1. The van der Waals surface area contributed by atoms with Crippen LogP contribution in [0.25, 0.3) is 0 Å². The van der Waals surface area contributed by atoms with E-state index in [1.807, 2.05) is 0 Å². The normalized spacial score (nSPS) is 22.7. The van der Waals surface area contributed by atoms with Gasteiger partial charge in [0.25, 0.3) is 5.91 Å². The van der Waals surface area contributed by atoms with Crippen molar-refractivity contribution < 1.29 is 19.1 Å². The summed E-state index contributed by atoms with van der Waals surface area (Å²) >= 11 is 0. The molecule has 6 heteroatoms. The van der Waals surface area contributed by atoms with Crippen molar-refractivity contribution in [1.82, 2.24) is 10.3 Å². The molecule has 0 radical (unpaired) electrons. The van der Waals surface area contributed by atoms with Crippen molar-refractivity contribution in [3.63, 3.8) is 0 Å². The van der Waals surface area contributed by atoms with Gasteiger partial charge in [-0.05, 0) is 18.9 Å². The first-order valence-corrected chi connectivity index (χ1v) is 5.73. The maximum atomic E-state index is 13.3. The van der Waals surface area contributed by atoms with Gasteiger partial charge in [-0.2, -0.15) is 0 Å². The second kappa shape index (κ2) is 5.12. The maximum absolute atomic E-state index is 13.3. The largest absolute Gasteiger partial charge is 0.481 e. The summed E-state index contributed by atoms with van der Waals surface area (Å²) in [6, 6.07) is 0.845. The molecule has 2 atom stereocenters. The molecule has 1 heterocycles. The number of hydrogen-bond acceptors (Lipinski definition) is 3. The third-order valence-electron chi connectivity index (χ3n) is 3.17. The minimum atomic E-state index is -0.923. The molecule has 2 rings (SSSR count). The van der Waals surface area contributed by atoms with Crippen LogP contribution in [-0.4, -0.2) is 28.0 Å². The molecule has 1 amide bonds. The fourth-order valence-corrected chi connectivity index (χ4v) is 2.23. The molecule has 1 fully saturated rings. The first-order valence-electron chi connectivity index (χ1n) is 5.73. The molecular formula is C12H13FN2O3. The molecular weight excluding hydrogens is 239 g/mol. The molecule has 1 aromatic heterocycles. The second-order valence-electron chi connectivity index (χ2n) is 4.31. The number of pyridine rings is 1. The number of carboxylic acid groups (broad SMARTS) is 1. The van der Waals surface area contributed by atoms with Crippen LogP contribution in [0.4, 0.5) is 4.39 Å². The Hall–Kier alpha value is -1.98. The van der Waals surface area contributed by atoms with Gasteiger partial charge in [-0.3, -0.25) is 14.6 Å². The Kier molecular flexibility index (Phi) is 3.55. The predicted molar refractivity (Wildman–Crippen MR) is 60.4 cm³/mol. The van der Waals surface area contributed by atoms with Crippen molar-refractivity contribution in [3.05, 3.63) is 29.8 Å². The summed E-state index contributed by atoms with van der Waals surface area (Å²) in [5, 5.41) is 11.6. The maximum Gasteiger partial charge on any atom is 0.308 e. The van der Waals surface area contributed by atoms with Gasteiger partial charge in [-0.25, -0.2) is 4.39 Å². The summed E-state index contributed by atoms with van der Waals surface area (Å²) in [4.78, 5) is 26.3. The zero-order valence-electron chi connectivity index (χ0n) is 9.60. The number of nitrogens with one attached hydrogen (secondary N) is 1. The van der Waals surface area contributed by atoms with E-state index in [0.29, 0.717) is 12.8 Å². The van der Waals surface area contributed by atoms with Gasteiger partial charge in [0.1, 0.15) is 0 Å². The lowest BCUT2D eigenvalue weighted by molar-refractivity contribution is -0.142. The molecule has 0 bridgehead atoms. The van der Waals surface area contributed by atoms with Crippen LogP contribution in [0.5, 0.6) is 0 Å². The van der Waals surface area contributed by atoms with Gasteiger partial charge in [0.05, 0.1) is 17.7 Å². The Morgan fingerprint density at radius 3 is 2.89 bits per heavy atom. The SMILES string of the molecule is O=C(NC1CCCC1C(=O)O)c1ccncc1F. The Bertz CT molecular complexity index is 478. The number of rotatable bonds is 3. The van der Waals surface area contributed by atoms with Gasteiger partial charge in [0.2, 0.25) is 0 Å². The van der Waals surface area contributed by atoms with E-state index in [-0.39, 0.29) is 5.56 Å². The Balaban J connectivity index is 2.08. The highest BCUT2D eigenvalue weighted by Crippen LogP contribution is 2.26. The summed E-state index contributed by atoms with van der Waals surface area (Å²) in [6.07, 6.45) is 4.18. The minimum absolute atomic E-state index is 0.110. The van der Waals surface area contributed by atoms with Crippen LogP contribution in [-0.2, 0) is 4.79 Å². The lowest BCUT2D eigenvalue weighted by atomic mass is 10.0. The number of nitrogens with zero attached hydrogens (tertiary/aromatic N) is 1. The van der Waals surface area contributed by atoms with E-state index in [9.17, 15) is 14.0 Å². The Morgan fingerprint density at radius 1 is 1.44 bits per heavy atom. The van der Waals surface area contributed by atoms with Gasteiger partial charge >= 0.3 is 5.97 Å². The molecule has 0 saturated heterocycles. The van der Waals surface area contributed by atoms with Crippen molar-refractivity contribution >= 4 is 11.9 Å². The van der Waals surface area contributed by atoms with Gasteiger partial charge in [-0.15, -0.1) is 0 Å². The summed E-state index contributed by atoms with van der Waals surface area (Å²) in [5.74, 6) is -2.81.